The van der Waals surface area contributed by atoms with E-state index in [1.165, 1.54) is 16.7 Å². The van der Waals surface area contributed by atoms with Crippen molar-refractivity contribution in [2.24, 2.45) is 0 Å². The molecule has 1 heterocycles. The molecule has 0 aliphatic carbocycles. The summed E-state index contributed by atoms with van der Waals surface area (Å²) in [7, 11) is 0. The van der Waals surface area contributed by atoms with Crippen LogP contribution in [0.3, 0.4) is 0 Å². The predicted molar refractivity (Wildman–Crippen MR) is 129 cm³/mol. The van der Waals surface area contributed by atoms with Crippen molar-refractivity contribution in [1.82, 2.24) is 9.55 Å². The summed E-state index contributed by atoms with van der Waals surface area (Å²) in [6.45, 7) is 3.74. The van der Waals surface area contributed by atoms with E-state index in [0.717, 1.165) is 24.2 Å². The first-order valence-corrected chi connectivity index (χ1v) is 11.5. The first-order valence-electron chi connectivity index (χ1n) is 10.8. The van der Waals surface area contributed by atoms with E-state index >= 15 is 0 Å². The molecule has 33 heavy (non-hydrogen) atoms. The van der Waals surface area contributed by atoms with Crippen LogP contribution in [0.15, 0.2) is 27.8 Å². The maximum absolute atomic E-state index is 13.0. The van der Waals surface area contributed by atoms with Gasteiger partial charge in [0.1, 0.15) is 5.82 Å². The number of rotatable bonds is 11. The third-order valence-corrected chi connectivity index (χ3v) is 5.63. The number of nitrogen functional groups attached to an aromatic ring is 1. The summed E-state index contributed by atoms with van der Waals surface area (Å²) in [5.74, 6) is -1.65. The van der Waals surface area contributed by atoms with Crippen LogP contribution in [0.2, 0.25) is 10.0 Å². The van der Waals surface area contributed by atoms with Gasteiger partial charge in [-0.05, 0) is 25.0 Å². The molecule has 0 bridgehead atoms. The summed E-state index contributed by atoms with van der Waals surface area (Å²) in [6, 6.07) is 4.52. The van der Waals surface area contributed by atoms with E-state index in [1.54, 1.807) is 6.07 Å². The number of carbonyl (C=O) groups is 2. The van der Waals surface area contributed by atoms with E-state index in [9.17, 15) is 19.2 Å². The standard InChI is InChI=1S/C22H28Cl2N4O5/c1-3-5-7-12-27(18-19(25)28(11-6-4-2)22(32)26-20(18)30)16(29)13-33-21(31)17-14(23)9-8-10-15(17)24/h8-10H,3-7,11-13,25H2,1-2H3,(H,26,30,32). The highest BCUT2D eigenvalue weighted by Gasteiger charge is 2.26. The third kappa shape index (κ3) is 6.61. The number of nitrogens with zero attached hydrogens (tertiary/aromatic N) is 2. The fourth-order valence-corrected chi connectivity index (χ4v) is 3.78. The van der Waals surface area contributed by atoms with E-state index in [0.29, 0.717) is 19.4 Å². The van der Waals surface area contributed by atoms with Gasteiger partial charge in [0.25, 0.3) is 11.5 Å². The van der Waals surface area contributed by atoms with Crippen LogP contribution in [0.4, 0.5) is 11.5 Å². The van der Waals surface area contributed by atoms with Gasteiger partial charge in [0, 0.05) is 13.1 Å². The zero-order valence-electron chi connectivity index (χ0n) is 18.7. The van der Waals surface area contributed by atoms with E-state index in [4.69, 9.17) is 33.7 Å². The molecule has 2 aromatic rings. The van der Waals surface area contributed by atoms with Crippen molar-refractivity contribution in [2.45, 2.75) is 52.5 Å². The Hall–Kier alpha value is -2.78. The van der Waals surface area contributed by atoms with Gasteiger partial charge in [0.15, 0.2) is 12.3 Å². The SMILES string of the molecule is CCCCCN(C(=O)COC(=O)c1c(Cl)cccc1Cl)c1c(N)n(CCCC)c(=O)[nH]c1=O. The summed E-state index contributed by atoms with van der Waals surface area (Å²) < 4.78 is 6.37. The van der Waals surface area contributed by atoms with Crippen molar-refractivity contribution in [3.63, 3.8) is 0 Å². The minimum absolute atomic E-state index is 0.0587. The van der Waals surface area contributed by atoms with Crippen LogP contribution in [0.25, 0.3) is 0 Å². The number of aromatic nitrogens is 2. The molecule has 1 amide bonds. The smallest absolute Gasteiger partial charge is 0.341 e. The second-order valence-electron chi connectivity index (χ2n) is 7.42. The van der Waals surface area contributed by atoms with Gasteiger partial charge in [0.2, 0.25) is 0 Å². The Morgan fingerprint density at radius 2 is 1.73 bits per heavy atom. The monoisotopic (exact) mass is 498 g/mol. The maximum Gasteiger partial charge on any atom is 0.341 e. The number of benzene rings is 1. The fourth-order valence-electron chi connectivity index (χ4n) is 3.23. The molecular weight excluding hydrogens is 471 g/mol. The number of amides is 1. The number of esters is 1. The minimum atomic E-state index is -0.873. The molecule has 1 aromatic heterocycles. The first kappa shape index (κ1) is 26.5. The molecule has 0 atom stereocenters. The van der Waals surface area contributed by atoms with Gasteiger partial charge in [0.05, 0.1) is 15.6 Å². The molecule has 1 aromatic carbocycles. The minimum Gasteiger partial charge on any atom is -0.452 e. The first-order chi connectivity index (χ1) is 15.7. The number of nitrogens with one attached hydrogen (secondary N) is 1. The number of carbonyl (C=O) groups excluding carboxylic acids is 2. The number of halogens is 2. The summed E-state index contributed by atoms with van der Waals surface area (Å²) in [4.78, 5) is 53.8. The van der Waals surface area contributed by atoms with Gasteiger partial charge in [-0.25, -0.2) is 9.59 Å². The molecule has 9 nitrogen and oxygen atoms in total. The van der Waals surface area contributed by atoms with Crippen molar-refractivity contribution in [1.29, 1.82) is 0 Å². The van der Waals surface area contributed by atoms with Crippen molar-refractivity contribution in [3.05, 3.63) is 54.6 Å². The normalized spacial score (nSPS) is 10.8. The molecule has 2 rings (SSSR count). The molecule has 0 aliphatic rings. The van der Waals surface area contributed by atoms with Crippen molar-refractivity contribution in [3.8, 4) is 0 Å². The second kappa shape index (κ2) is 12.5. The number of ether oxygens (including phenoxy) is 1. The average Bonchev–Trinajstić information content (AvgIpc) is 2.76. The van der Waals surface area contributed by atoms with Gasteiger partial charge in [-0.15, -0.1) is 0 Å². The van der Waals surface area contributed by atoms with Gasteiger partial charge >= 0.3 is 11.7 Å². The van der Waals surface area contributed by atoms with E-state index < -0.39 is 29.7 Å². The summed E-state index contributed by atoms with van der Waals surface area (Å²) in [5, 5.41) is 0.173. The molecule has 0 spiro atoms. The Bertz CT molecular complexity index is 1090. The molecule has 3 N–H and O–H groups in total. The average molecular weight is 499 g/mol. The Morgan fingerprint density at radius 3 is 2.33 bits per heavy atom. The van der Waals surface area contributed by atoms with Crippen LogP contribution in [0, 0.1) is 0 Å². The highest BCUT2D eigenvalue weighted by Crippen LogP contribution is 2.25. The molecule has 0 unspecified atom stereocenters. The predicted octanol–water partition coefficient (Wildman–Crippen LogP) is 3.61. The lowest BCUT2D eigenvalue weighted by Gasteiger charge is -2.24. The van der Waals surface area contributed by atoms with Gasteiger partial charge in [-0.2, -0.15) is 0 Å². The second-order valence-corrected chi connectivity index (χ2v) is 8.24. The van der Waals surface area contributed by atoms with Crippen LogP contribution in [0.1, 0.15) is 56.3 Å². The van der Waals surface area contributed by atoms with Crippen molar-refractivity contribution in [2.75, 3.05) is 23.8 Å². The quantitative estimate of drug-likeness (QED) is 0.359. The Morgan fingerprint density at radius 1 is 1.09 bits per heavy atom. The molecule has 0 saturated carbocycles. The van der Waals surface area contributed by atoms with E-state index in [1.807, 2.05) is 13.8 Å². The number of H-pyrrole nitrogens is 1. The van der Waals surface area contributed by atoms with Crippen molar-refractivity contribution < 1.29 is 14.3 Å². The van der Waals surface area contributed by atoms with Crippen LogP contribution in [0.5, 0.6) is 0 Å². The van der Waals surface area contributed by atoms with Crippen LogP contribution in [-0.2, 0) is 16.1 Å². The molecule has 0 fully saturated rings. The third-order valence-electron chi connectivity index (χ3n) is 5.00. The number of nitrogens with two attached hydrogens (primary N) is 1. The summed E-state index contributed by atoms with van der Waals surface area (Å²) >= 11 is 12.0. The zero-order valence-corrected chi connectivity index (χ0v) is 20.2. The Labute approximate surface area is 201 Å². The number of anilines is 2. The molecule has 0 radical (unpaired) electrons. The molecule has 180 valence electrons. The van der Waals surface area contributed by atoms with Crippen molar-refractivity contribution >= 4 is 46.6 Å². The lowest BCUT2D eigenvalue weighted by atomic mass is 10.2. The van der Waals surface area contributed by atoms with E-state index in [-0.39, 0.29) is 33.7 Å². The lowest BCUT2D eigenvalue weighted by molar-refractivity contribution is -0.121. The topological polar surface area (TPSA) is 127 Å². The van der Waals surface area contributed by atoms with Crippen LogP contribution < -0.4 is 21.9 Å². The number of hydrogen-bond donors (Lipinski definition) is 2. The summed E-state index contributed by atoms with van der Waals surface area (Å²) in [5.41, 5.74) is 4.54. The van der Waals surface area contributed by atoms with Gasteiger partial charge < -0.3 is 15.4 Å². The van der Waals surface area contributed by atoms with Gasteiger partial charge in [-0.1, -0.05) is 62.4 Å². The Balaban J connectivity index is 2.34. The Kier molecular flexibility index (Phi) is 9.99. The van der Waals surface area contributed by atoms with Crippen LogP contribution in [-0.4, -0.2) is 34.6 Å². The molecular formula is C22H28Cl2N4O5. The number of unbranched alkanes of at least 4 members (excludes halogenated alkanes) is 3. The highest BCUT2D eigenvalue weighted by molar-refractivity contribution is 6.39. The highest BCUT2D eigenvalue weighted by atomic mass is 35.5. The largest absolute Gasteiger partial charge is 0.452 e. The fraction of sp³-hybridized carbons (Fsp3) is 0.455. The van der Waals surface area contributed by atoms with Crippen LogP contribution >= 0.6 is 23.2 Å². The van der Waals surface area contributed by atoms with Gasteiger partial charge in [-0.3, -0.25) is 19.1 Å². The maximum atomic E-state index is 13.0. The summed E-state index contributed by atoms with van der Waals surface area (Å²) in [6.07, 6.45) is 3.73. The number of aromatic amines is 1. The van der Waals surface area contributed by atoms with E-state index in [2.05, 4.69) is 4.98 Å². The molecule has 0 aliphatic heterocycles. The number of hydrogen-bond acceptors (Lipinski definition) is 6. The zero-order chi connectivity index (χ0) is 24.5. The molecule has 0 saturated heterocycles. The molecule has 11 heteroatoms. The lowest BCUT2D eigenvalue weighted by Crippen LogP contribution is -2.43.